The number of benzene rings is 1. The zero-order valence-corrected chi connectivity index (χ0v) is 12.6. The molecule has 3 rings (SSSR count). The summed E-state index contributed by atoms with van der Waals surface area (Å²) >= 11 is 0. The molecule has 0 bridgehead atoms. The smallest absolute Gasteiger partial charge is 0.317 e. The van der Waals surface area contributed by atoms with Crippen LogP contribution >= 0.6 is 0 Å². The van der Waals surface area contributed by atoms with Gasteiger partial charge in [-0.2, -0.15) is 0 Å². The van der Waals surface area contributed by atoms with Gasteiger partial charge in [-0.05, 0) is 31.4 Å². The highest BCUT2D eigenvalue weighted by molar-refractivity contribution is 5.80. The van der Waals surface area contributed by atoms with E-state index in [-0.39, 0.29) is 12.5 Å². The first-order valence-corrected chi connectivity index (χ1v) is 7.56. The lowest BCUT2D eigenvalue weighted by atomic mass is 10.1. The van der Waals surface area contributed by atoms with Gasteiger partial charge in [0, 0.05) is 20.1 Å². The van der Waals surface area contributed by atoms with Gasteiger partial charge in [0.05, 0.1) is 11.0 Å². The topological polar surface area (TPSA) is 64.3 Å². The standard InChI is InChI=1S/C16H19N3O3/c1-17-12-7-3-4-8-13(12)19(16(22)15(17)21)11-14(20)18-9-5-2-6-10-18/h3-4,7-8H,2,5-6,9-11H2,1H3. The zero-order chi connectivity index (χ0) is 15.7. The van der Waals surface area contributed by atoms with Crippen molar-refractivity contribution in [1.82, 2.24) is 14.0 Å². The van der Waals surface area contributed by atoms with E-state index in [4.69, 9.17) is 0 Å². The molecule has 116 valence electrons. The maximum atomic E-state index is 12.4. The maximum Gasteiger partial charge on any atom is 0.317 e. The molecule has 6 heteroatoms. The van der Waals surface area contributed by atoms with Crippen LogP contribution in [0.15, 0.2) is 33.9 Å². The van der Waals surface area contributed by atoms with E-state index < -0.39 is 11.1 Å². The average Bonchev–Trinajstić information content (AvgIpc) is 2.57. The molecule has 0 unspecified atom stereocenters. The number of hydrogen-bond donors (Lipinski definition) is 0. The van der Waals surface area contributed by atoms with Gasteiger partial charge in [0.2, 0.25) is 5.91 Å². The number of aryl methyl sites for hydroxylation is 1. The predicted octanol–water partition coefficient (Wildman–Crippen LogP) is 0.713. The van der Waals surface area contributed by atoms with Crippen molar-refractivity contribution in [3.63, 3.8) is 0 Å². The van der Waals surface area contributed by atoms with Crippen LogP contribution in [0.3, 0.4) is 0 Å². The van der Waals surface area contributed by atoms with Gasteiger partial charge in [0.25, 0.3) is 0 Å². The highest BCUT2D eigenvalue weighted by Crippen LogP contribution is 2.12. The molecule has 0 radical (unpaired) electrons. The van der Waals surface area contributed by atoms with Crippen LogP contribution in [0.1, 0.15) is 19.3 Å². The largest absolute Gasteiger partial charge is 0.341 e. The molecule has 1 aliphatic rings. The molecule has 1 saturated heterocycles. The molecule has 2 heterocycles. The molecule has 0 spiro atoms. The highest BCUT2D eigenvalue weighted by Gasteiger charge is 2.19. The summed E-state index contributed by atoms with van der Waals surface area (Å²) in [6.07, 6.45) is 3.13. The molecular weight excluding hydrogens is 282 g/mol. The Morgan fingerprint density at radius 1 is 1.00 bits per heavy atom. The second kappa shape index (κ2) is 5.79. The van der Waals surface area contributed by atoms with Crippen LogP contribution in [0.25, 0.3) is 11.0 Å². The third-order valence-corrected chi connectivity index (χ3v) is 4.27. The van der Waals surface area contributed by atoms with E-state index in [1.165, 1.54) is 9.13 Å². The first-order valence-electron chi connectivity index (χ1n) is 7.56. The Labute approximate surface area is 127 Å². The molecule has 0 aliphatic carbocycles. The fourth-order valence-corrected chi connectivity index (χ4v) is 2.99. The van der Waals surface area contributed by atoms with Gasteiger partial charge in [0.1, 0.15) is 6.54 Å². The van der Waals surface area contributed by atoms with Gasteiger partial charge in [-0.1, -0.05) is 12.1 Å². The summed E-state index contributed by atoms with van der Waals surface area (Å²) in [5, 5.41) is 0. The van der Waals surface area contributed by atoms with Crippen molar-refractivity contribution in [2.45, 2.75) is 25.8 Å². The first kappa shape index (κ1) is 14.6. The fourth-order valence-electron chi connectivity index (χ4n) is 2.99. The van der Waals surface area contributed by atoms with Crippen molar-refractivity contribution >= 4 is 16.9 Å². The number of hydrogen-bond acceptors (Lipinski definition) is 3. The Kier molecular flexibility index (Phi) is 3.83. The van der Waals surface area contributed by atoms with Gasteiger partial charge in [-0.3, -0.25) is 19.0 Å². The van der Waals surface area contributed by atoms with Crippen LogP contribution in [0, 0.1) is 0 Å². The molecular formula is C16H19N3O3. The Morgan fingerprint density at radius 2 is 1.64 bits per heavy atom. The highest BCUT2D eigenvalue weighted by atomic mass is 16.2. The summed E-state index contributed by atoms with van der Waals surface area (Å²) in [5.41, 5.74) is 0.00945. The SMILES string of the molecule is Cn1c(=O)c(=O)n(CC(=O)N2CCCCC2)c2ccccc21. The Morgan fingerprint density at radius 3 is 2.32 bits per heavy atom. The molecule has 1 aromatic carbocycles. The third kappa shape index (κ3) is 2.45. The fraction of sp³-hybridized carbons (Fsp3) is 0.438. The average molecular weight is 301 g/mol. The van der Waals surface area contributed by atoms with E-state index in [0.29, 0.717) is 11.0 Å². The minimum Gasteiger partial charge on any atom is -0.341 e. The number of piperidine rings is 1. The number of para-hydroxylation sites is 2. The maximum absolute atomic E-state index is 12.4. The van der Waals surface area contributed by atoms with Crippen LogP contribution in [0.4, 0.5) is 0 Å². The summed E-state index contributed by atoms with van der Waals surface area (Å²) in [6, 6.07) is 7.15. The second-order valence-electron chi connectivity index (χ2n) is 5.69. The van der Waals surface area contributed by atoms with Gasteiger partial charge in [-0.15, -0.1) is 0 Å². The van der Waals surface area contributed by atoms with E-state index in [0.717, 1.165) is 32.4 Å². The van der Waals surface area contributed by atoms with Crippen LogP contribution in [-0.4, -0.2) is 33.0 Å². The lowest BCUT2D eigenvalue weighted by Crippen LogP contribution is -2.45. The van der Waals surface area contributed by atoms with Crippen LogP contribution < -0.4 is 11.1 Å². The number of carbonyl (C=O) groups excluding carboxylic acids is 1. The van der Waals surface area contributed by atoms with E-state index in [1.807, 2.05) is 6.07 Å². The number of amides is 1. The monoisotopic (exact) mass is 301 g/mol. The number of rotatable bonds is 2. The lowest BCUT2D eigenvalue weighted by Gasteiger charge is -2.27. The number of likely N-dealkylation sites (tertiary alicyclic amines) is 1. The number of carbonyl (C=O) groups is 1. The van der Waals surface area contributed by atoms with Gasteiger partial charge >= 0.3 is 11.1 Å². The first-order chi connectivity index (χ1) is 10.6. The summed E-state index contributed by atoms with van der Waals surface area (Å²) in [7, 11) is 1.57. The van der Waals surface area contributed by atoms with Crippen molar-refractivity contribution in [1.29, 1.82) is 0 Å². The van der Waals surface area contributed by atoms with E-state index in [1.54, 1.807) is 30.1 Å². The Balaban J connectivity index is 2.05. The number of aromatic nitrogens is 2. The number of nitrogens with zero attached hydrogens (tertiary/aromatic N) is 3. The summed E-state index contributed by atoms with van der Waals surface area (Å²) in [5.74, 6) is -0.0970. The minimum atomic E-state index is -0.647. The second-order valence-corrected chi connectivity index (χ2v) is 5.69. The quantitative estimate of drug-likeness (QED) is 0.768. The molecule has 1 fully saturated rings. The van der Waals surface area contributed by atoms with E-state index in [2.05, 4.69) is 0 Å². The van der Waals surface area contributed by atoms with Crippen LogP contribution in [0.5, 0.6) is 0 Å². The molecule has 0 atom stereocenters. The van der Waals surface area contributed by atoms with E-state index >= 15 is 0 Å². The Bertz CT molecular complexity index is 829. The van der Waals surface area contributed by atoms with Crippen molar-refractivity contribution < 1.29 is 4.79 Å². The molecule has 6 nitrogen and oxygen atoms in total. The summed E-state index contributed by atoms with van der Waals surface area (Å²) in [6.45, 7) is 1.39. The third-order valence-electron chi connectivity index (χ3n) is 4.27. The van der Waals surface area contributed by atoms with Crippen molar-refractivity contribution in [2.24, 2.45) is 7.05 Å². The Hall–Kier alpha value is -2.37. The molecule has 0 saturated carbocycles. The van der Waals surface area contributed by atoms with Crippen molar-refractivity contribution in [3.8, 4) is 0 Å². The normalized spacial score (nSPS) is 15.2. The number of fused-ring (bicyclic) bond motifs is 1. The van der Waals surface area contributed by atoms with Crippen LogP contribution in [-0.2, 0) is 18.4 Å². The van der Waals surface area contributed by atoms with Gasteiger partial charge in [0.15, 0.2) is 0 Å². The van der Waals surface area contributed by atoms with Crippen LogP contribution in [0.2, 0.25) is 0 Å². The molecule has 0 N–H and O–H groups in total. The lowest BCUT2D eigenvalue weighted by molar-refractivity contribution is -0.132. The predicted molar refractivity (Wildman–Crippen MR) is 83.9 cm³/mol. The van der Waals surface area contributed by atoms with E-state index in [9.17, 15) is 14.4 Å². The minimum absolute atomic E-state index is 0.0740. The van der Waals surface area contributed by atoms with Crippen molar-refractivity contribution in [2.75, 3.05) is 13.1 Å². The molecule has 1 aliphatic heterocycles. The molecule has 1 amide bonds. The van der Waals surface area contributed by atoms with Gasteiger partial charge < -0.3 is 9.47 Å². The van der Waals surface area contributed by atoms with Crippen molar-refractivity contribution in [3.05, 3.63) is 45.0 Å². The zero-order valence-electron chi connectivity index (χ0n) is 12.6. The summed E-state index contributed by atoms with van der Waals surface area (Å²) in [4.78, 5) is 38.5. The van der Waals surface area contributed by atoms with Gasteiger partial charge in [-0.25, -0.2) is 0 Å². The molecule has 22 heavy (non-hydrogen) atoms. The summed E-state index contributed by atoms with van der Waals surface area (Å²) < 4.78 is 2.63. The molecule has 1 aromatic heterocycles. The molecule has 2 aromatic rings.